The van der Waals surface area contributed by atoms with Crippen molar-refractivity contribution in [1.29, 1.82) is 0 Å². The third kappa shape index (κ3) is 19.2. The van der Waals surface area contributed by atoms with Crippen LogP contribution in [0.2, 0.25) is 0 Å². The summed E-state index contributed by atoms with van der Waals surface area (Å²) in [7, 11) is -33.0. The number of carbonyl (C=O) groups excluding carboxylic acids is 1. The highest BCUT2D eigenvalue weighted by Crippen LogP contribution is 2.67. The van der Waals surface area contributed by atoms with E-state index in [9.17, 15) is 96.2 Å². The summed E-state index contributed by atoms with van der Waals surface area (Å²) in [4.78, 5) is 82.4. The molecule has 11 N–H and O–H groups in total. The SMILES string of the molecule is Cc1cn([C@H]2C[C@@H](O)[C@@H](COP(=O)(O)CP(=O)(O)CP(=O)(O)CP(=O)(O)NCCNC(=O)CCCCCC3(C)/C(=C\C=C\C4=[N+](CCCS(=O)(=O)O)c5ccc(S(=O)(=O)O)cc5C4(C)C)N(CCCS(=O)(=O)O)c4ccccc43)O2)c(=O)[nH]c1=O. The molecule has 5 unspecified atom stereocenters. The second-order valence-corrected chi connectivity index (χ2v) is 36.6. The second kappa shape index (κ2) is 27.3. The molecule has 6 rings (SSSR count). The lowest BCUT2D eigenvalue weighted by Gasteiger charge is -2.30. The first-order valence-corrected chi connectivity index (χ1v) is 39.0. The number of rotatable bonds is 31. The summed E-state index contributed by atoms with van der Waals surface area (Å²) >= 11 is 0. The maximum absolute atomic E-state index is 13.0. The van der Waals surface area contributed by atoms with Crippen LogP contribution in [0.4, 0.5) is 11.4 Å². The minimum Gasteiger partial charge on any atom is -0.390 e. The van der Waals surface area contributed by atoms with Crippen LogP contribution in [0.1, 0.15) is 95.1 Å². The Bertz CT molecular complexity index is 3800. The van der Waals surface area contributed by atoms with Crippen molar-refractivity contribution in [3.05, 3.63) is 110 Å². The average Bonchev–Trinajstić information content (AvgIpc) is 1.65. The quantitative estimate of drug-likeness (QED) is 0.0187. The first kappa shape index (κ1) is 70.0. The molecule has 0 radical (unpaired) electrons. The highest BCUT2D eigenvalue weighted by Gasteiger charge is 2.47. The molecule has 3 aliphatic heterocycles. The van der Waals surface area contributed by atoms with E-state index in [0.29, 0.717) is 42.6 Å². The summed E-state index contributed by atoms with van der Waals surface area (Å²) in [5, 5.41) is 15.2. The van der Waals surface area contributed by atoms with Crippen LogP contribution in [-0.4, -0.2) is 164 Å². The predicted octanol–water partition coefficient (Wildman–Crippen LogP) is 4.05. The van der Waals surface area contributed by atoms with Crippen molar-refractivity contribution < 1.29 is 100 Å². The Labute approximate surface area is 491 Å². The summed E-state index contributed by atoms with van der Waals surface area (Å²) in [5.74, 6) is -6.02. The first-order chi connectivity index (χ1) is 39.1. The number of anilines is 1. The molecule has 85 heavy (non-hydrogen) atoms. The van der Waals surface area contributed by atoms with Gasteiger partial charge in [0.25, 0.3) is 43.4 Å². The van der Waals surface area contributed by atoms with Gasteiger partial charge in [-0.15, -0.1) is 0 Å². The number of H-pyrrole nitrogens is 1. The fraction of sp³-hybridized carbons (Fsp3) is 0.551. The van der Waals surface area contributed by atoms with Gasteiger partial charge in [0, 0.05) is 85.2 Å². The molecule has 2 aromatic carbocycles. The van der Waals surface area contributed by atoms with E-state index in [4.69, 9.17) is 9.26 Å². The average molecular weight is 1330 g/mol. The molecule has 8 atom stereocenters. The number of aryl methyl sites for hydroxylation is 1. The van der Waals surface area contributed by atoms with Crippen LogP contribution in [0, 0.1) is 6.92 Å². The number of carbonyl (C=O) groups is 1. The van der Waals surface area contributed by atoms with Crippen LogP contribution in [0.15, 0.2) is 87.1 Å². The fourth-order valence-corrected chi connectivity index (χ4v) is 23.5. The molecule has 0 spiro atoms. The molecular formula is C49H73N6O23P4S3+. The first-order valence-electron chi connectivity index (χ1n) is 26.6. The van der Waals surface area contributed by atoms with Crippen molar-refractivity contribution >= 4 is 83.2 Å². The molecule has 0 saturated carbocycles. The molecule has 1 fully saturated rings. The number of nitrogens with one attached hydrogen (secondary N) is 3. The Kier molecular flexibility index (Phi) is 22.5. The van der Waals surface area contributed by atoms with Crippen molar-refractivity contribution in [3.8, 4) is 0 Å². The van der Waals surface area contributed by atoms with E-state index in [1.807, 2.05) is 56.0 Å². The van der Waals surface area contributed by atoms with Crippen LogP contribution < -0.4 is 26.6 Å². The molecule has 0 bridgehead atoms. The molecule has 3 aliphatic rings. The van der Waals surface area contributed by atoms with Crippen molar-refractivity contribution in [2.75, 3.05) is 66.9 Å². The van der Waals surface area contributed by atoms with E-state index in [1.165, 1.54) is 31.3 Å². The zero-order valence-electron chi connectivity index (χ0n) is 46.9. The van der Waals surface area contributed by atoms with E-state index in [0.717, 1.165) is 21.5 Å². The Balaban J connectivity index is 1.03. The molecule has 1 saturated heterocycles. The molecule has 474 valence electrons. The van der Waals surface area contributed by atoms with E-state index in [2.05, 4.69) is 15.4 Å². The van der Waals surface area contributed by atoms with Gasteiger partial charge in [0.1, 0.15) is 36.6 Å². The van der Waals surface area contributed by atoms with Crippen LogP contribution in [0.5, 0.6) is 0 Å². The van der Waals surface area contributed by atoms with E-state index in [1.54, 1.807) is 16.7 Å². The van der Waals surface area contributed by atoms with Crippen LogP contribution in [-0.2, 0) is 73.5 Å². The highest BCUT2D eigenvalue weighted by atomic mass is 32.2. The minimum absolute atomic E-state index is 0.00269. The normalized spacial score (nSPS) is 23.1. The molecule has 3 aromatic rings. The van der Waals surface area contributed by atoms with Crippen LogP contribution in [0.3, 0.4) is 0 Å². The number of ether oxygens (including phenoxy) is 1. The Morgan fingerprint density at radius 3 is 2.19 bits per heavy atom. The molecule has 4 heterocycles. The molecule has 1 amide bonds. The smallest absolute Gasteiger partial charge is 0.337 e. The van der Waals surface area contributed by atoms with Gasteiger partial charge < -0.3 is 44.2 Å². The van der Waals surface area contributed by atoms with Crippen LogP contribution >= 0.6 is 29.9 Å². The summed E-state index contributed by atoms with van der Waals surface area (Å²) in [5.41, 5.74) is 1.17. The van der Waals surface area contributed by atoms with Crippen molar-refractivity contribution in [1.82, 2.24) is 20.0 Å². The number of benzene rings is 2. The number of para-hydroxylation sites is 1. The van der Waals surface area contributed by atoms with Gasteiger partial charge >= 0.3 is 13.3 Å². The minimum atomic E-state index is -5.05. The number of aliphatic hydroxyl groups excluding tert-OH is 1. The third-order valence-electron chi connectivity index (χ3n) is 14.6. The predicted molar refractivity (Wildman–Crippen MR) is 314 cm³/mol. The maximum atomic E-state index is 13.0. The third-order valence-corrected chi connectivity index (χ3v) is 28.4. The number of allylic oxidation sites excluding steroid dienone is 4. The van der Waals surface area contributed by atoms with E-state index < -0.39 is 142 Å². The lowest BCUT2D eigenvalue weighted by atomic mass is 9.77. The maximum Gasteiger partial charge on any atom is 0.337 e. The van der Waals surface area contributed by atoms with Gasteiger partial charge in [0.05, 0.1) is 34.5 Å². The largest absolute Gasteiger partial charge is 0.390 e. The second-order valence-electron chi connectivity index (χ2n) is 22.0. The number of aromatic amines is 1. The Morgan fingerprint density at radius 2 is 1.52 bits per heavy atom. The van der Waals surface area contributed by atoms with Gasteiger partial charge in [-0.05, 0) is 76.8 Å². The molecular weight excluding hydrogens is 1260 g/mol. The number of amides is 1. The van der Waals surface area contributed by atoms with Gasteiger partial charge in [-0.25, -0.2) is 9.88 Å². The van der Waals surface area contributed by atoms with E-state index in [-0.39, 0.29) is 62.3 Å². The summed E-state index contributed by atoms with van der Waals surface area (Å²) in [6.45, 7) is 5.94. The number of aromatic nitrogens is 2. The molecule has 29 nitrogen and oxygen atoms in total. The van der Waals surface area contributed by atoms with Gasteiger partial charge in [0.2, 0.25) is 26.3 Å². The summed E-state index contributed by atoms with van der Waals surface area (Å²) < 4.78 is 165. The monoisotopic (exact) mass is 1330 g/mol. The summed E-state index contributed by atoms with van der Waals surface area (Å²) in [6, 6.07) is 11.6. The van der Waals surface area contributed by atoms with Crippen molar-refractivity contribution in [2.24, 2.45) is 0 Å². The van der Waals surface area contributed by atoms with Gasteiger partial charge in [-0.3, -0.25) is 51.1 Å². The van der Waals surface area contributed by atoms with Crippen molar-refractivity contribution in [2.45, 2.75) is 113 Å². The van der Waals surface area contributed by atoms with Crippen molar-refractivity contribution in [3.63, 3.8) is 0 Å². The number of hydrogen-bond acceptors (Lipinski definition) is 17. The summed E-state index contributed by atoms with van der Waals surface area (Å²) in [6.07, 6.45) is 4.70. The Hall–Kier alpha value is -4.13. The highest BCUT2D eigenvalue weighted by molar-refractivity contribution is 7.86. The zero-order chi connectivity index (χ0) is 63.4. The molecule has 1 aromatic heterocycles. The number of fused-ring (bicyclic) bond motifs is 2. The number of aliphatic hydroxyl groups is 1. The number of nitrogens with zero attached hydrogens (tertiary/aromatic N) is 3. The van der Waals surface area contributed by atoms with Gasteiger partial charge in [-0.1, -0.05) is 37.1 Å². The Morgan fingerprint density at radius 1 is 0.859 bits per heavy atom. The number of unbranched alkanes of at least 4 members (excludes halogenated alkanes) is 2. The van der Waals surface area contributed by atoms with Crippen LogP contribution in [0.25, 0.3) is 0 Å². The molecule has 36 heteroatoms. The lowest BCUT2D eigenvalue weighted by Crippen LogP contribution is -2.33. The standard InChI is InChI=1S/C49H72N6O23P4S3/c1-34-29-55(47(59)52-46(34)58)45-28-40(56)41(78-45)30-77-82(66,67)33-80(62,63)31-79(60,61)32-81(64,65)51-22-21-50-44(57)17-6-5-9-20-49(4)36-13-7-8-14-38(36)54(24-12-26-84(71,72)73)43(49)16-10-15-42-48(2,3)37-27-35(85(74,75)76)18-19-39(37)53(42)23-11-25-83(68,69)70/h7-8,10,13-16,18-19,27,29,40-41,45,56H,5-6,9,11-12,17,20-26,28,30-33H2,1-4H3,(H9-,50,51,52,57,58,59,60,61,62,63,64,65,66,67,68,69,70,71,72,73,74,75,76)/p+1/t40-,41-,45-,49?/m1/s1. The fourth-order valence-electron chi connectivity index (χ4n) is 10.7. The van der Waals surface area contributed by atoms with Gasteiger partial charge in [-0.2, -0.15) is 29.8 Å². The van der Waals surface area contributed by atoms with E-state index >= 15 is 0 Å². The topological polar surface area (TPSA) is 453 Å². The lowest BCUT2D eigenvalue weighted by molar-refractivity contribution is -0.437. The van der Waals surface area contributed by atoms with Gasteiger partial charge in [0.15, 0.2) is 5.71 Å². The zero-order valence-corrected chi connectivity index (χ0v) is 52.9. The number of hydrogen-bond donors (Lipinski definition) is 11. The molecule has 0 aliphatic carbocycles.